The number of benzene rings is 1. The second kappa shape index (κ2) is 6.48. The van der Waals surface area contributed by atoms with Crippen molar-refractivity contribution < 1.29 is 9.59 Å². The van der Waals surface area contributed by atoms with Crippen LogP contribution in [0.15, 0.2) is 24.3 Å². The maximum absolute atomic E-state index is 12.3. The van der Waals surface area contributed by atoms with Gasteiger partial charge in [-0.05, 0) is 44.4 Å². The van der Waals surface area contributed by atoms with Crippen LogP contribution in [0.1, 0.15) is 32.3 Å². The van der Waals surface area contributed by atoms with Gasteiger partial charge in [0.1, 0.15) is 5.54 Å². The lowest BCUT2D eigenvalue weighted by Crippen LogP contribution is -2.67. The van der Waals surface area contributed by atoms with Crippen LogP contribution in [-0.2, 0) is 16.0 Å². The summed E-state index contributed by atoms with van der Waals surface area (Å²) in [4.78, 5) is 26.1. The smallest absolute Gasteiger partial charge is 0.245 e. The second-order valence-electron chi connectivity index (χ2n) is 5.56. The molecule has 0 aromatic heterocycles. The van der Waals surface area contributed by atoms with E-state index in [1.165, 1.54) is 0 Å². The molecule has 0 bridgehead atoms. The third kappa shape index (κ3) is 3.38. The highest BCUT2D eigenvalue weighted by Crippen LogP contribution is 2.31. The zero-order chi connectivity index (χ0) is 15.5. The Kier molecular flexibility index (Phi) is 4.88. The van der Waals surface area contributed by atoms with Gasteiger partial charge in [-0.15, -0.1) is 0 Å². The number of hydrogen-bond acceptors (Lipinski definition) is 2. The van der Waals surface area contributed by atoms with Gasteiger partial charge in [0.15, 0.2) is 0 Å². The molecule has 0 saturated carbocycles. The van der Waals surface area contributed by atoms with Crippen LogP contribution >= 0.6 is 11.6 Å². The van der Waals surface area contributed by atoms with Crippen molar-refractivity contribution in [2.75, 3.05) is 13.1 Å². The fraction of sp³-hybridized carbons (Fsp3) is 0.500. The molecule has 2 rings (SSSR count). The molecule has 1 aliphatic rings. The molecule has 1 aromatic rings. The number of likely N-dealkylation sites (N-methyl/N-ethyl adjacent to an activating group) is 1. The van der Waals surface area contributed by atoms with Gasteiger partial charge < -0.3 is 10.2 Å². The topological polar surface area (TPSA) is 49.4 Å². The number of carbonyl (C=O) groups is 2. The number of amides is 2. The molecule has 1 aliphatic heterocycles. The molecule has 1 N–H and O–H groups in total. The SMILES string of the molecule is CCNC(=O)C1(C)CCN1C(=O)CCc1cccc(Cl)c1. The van der Waals surface area contributed by atoms with Crippen LogP contribution in [0.5, 0.6) is 0 Å². The number of aryl methyl sites for hydroxylation is 1. The molecule has 0 radical (unpaired) electrons. The zero-order valence-corrected chi connectivity index (χ0v) is 13.2. The molecule has 4 nitrogen and oxygen atoms in total. The highest BCUT2D eigenvalue weighted by atomic mass is 35.5. The van der Waals surface area contributed by atoms with E-state index in [0.717, 1.165) is 12.0 Å². The van der Waals surface area contributed by atoms with Crippen LogP contribution in [0.3, 0.4) is 0 Å². The van der Waals surface area contributed by atoms with Gasteiger partial charge >= 0.3 is 0 Å². The highest BCUT2D eigenvalue weighted by Gasteiger charge is 2.48. The second-order valence-corrected chi connectivity index (χ2v) is 6.00. The minimum atomic E-state index is -0.679. The standard InChI is InChI=1S/C16H21ClN2O2/c1-3-18-15(21)16(2)9-10-19(16)14(20)8-7-12-5-4-6-13(17)11-12/h4-6,11H,3,7-10H2,1-2H3,(H,18,21). The van der Waals surface area contributed by atoms with Crippen molar-refractivity contribution >= 4 is 23.4 Å². The average molecular weight is 309 g/mol. The summed E-state index contributed by atoms with van der Waals surface area (Å²) in [6, 6.07) is 7.52. The third-order valence-electron chi connectivity index (χ3n) is 4.06. The van der Waals surface area contributed by atoms with Crippen LogP contribution < -0.4 is 5.32 Å². The van der Waals surface area contributed by atoms with Gasteiger partial charge in [-0.25, -0.2) is 0 Å². The summed E-state index contributed by atoms with van der Waals surface area (Å²) in [5.41, 5.74) is 0.359. The molecule has 2 amide bonds. The Hall–Kier alpha value is -1.55. The van der Waals surface area contributed by atoms with Crippen molar-refractivity contribution in [2.24, 2.45) is 0 Å². The van der Waals surface area contributed by atoms with Crippen molar-refractivity contribution in [3.63, 3.8) is 0 Å². The van der Waals surface area contributed by atoms with Gasteiger partial charge in [-0.3, -0.25) is 9.59 Å². The molecule has 1 fully saturated rings. The molecular weight excluding hydrogens is 288 g/mol. The number of halogens is 1. The number of likely N-dealkylation sites (tertiary alicyclic amines) is 1. The summed E-state index contributed by atoms with van der Waals surface area (Å²) in [7, 11) is 0. The maximum atomic E-state index is 12.3. The molecule has 114 valence electrons. The predicted octanol–water partition coefficient (Wildman–Crippen LogP) is 2.40. The molecule has 21 heavy (non-hydrogen) atoms. The van der Waals surface area contributed by atoms with E-state index in [9.17, 15) is 9.59 Å². The van der Waals surface area contributed by atoms with E-state index >= 15 is 0 Å². The van der Waals surface area contributed by atoms with Crippen LogP contribution in [0.25, 0.3) is 0 Å². The molecule has 0 spiro atoms. The average Bonchev–Trinajstić information content (AvgIpc) is 2.43. The van der Waals surface area contributed by atoms with E-state index in [2.05, 4.69) is 5.32 Å². The van der Waals surface area contributed by atoms with Crippen LogP contribution in [0, 0.1) is 0 Å². The van der Waals surface area contributed by atoms with E-state index in [1.54, 1.807) is 4.90 Å². The molecular formula is C16H21ClN2O2. The van der Waals surface area contributed by atoms with Crippen molar-refractivity contribution in [1.82, 2.24) is 10.2 Å². The Bertz CT molecular complexity index is 547. The van der Waals surface area contributed by atoms with E-state index in [1.807, 2.05) is 38.1 Å². The summed E-state index contributed by atoms with van der Waals surface area (Å²) < 4.78 is 0. The first-order valence-corrected chi connectivity index (χ1v) is 7.68. The van der Waals surface area contributed by atoms with Crippen LogP contribution in [0.4, 0.5) is 0 Å². The normalized spacial score (nSPS) is 20.8. The summed E-state index contributed by atoms with van der Waals surface area (Å²) in [6.07, 6.45) is 1.76. The lowest BCUT2D eigenvalue weighted by molar-refractivity contribution is -0.157. The van der Waals surface area contributed by atoms with Gasteiger partial charge in [0.05, 0.1) is 0 Å². The van der Waals surface area contributed by atoms with E-state index in [4.69, 9.17) is 11.6 Å². The Morgan fingerprint density at radius 1 is 1.43 bits per heavy atom. The number of nitrogens with one attached hydrogen (secondary N) is 1. The van der Waals surface area contributed by atoms with Crippen molar-refractivity contribution in [1.29, 1.82) is 0 Å². The first kappa shape index (κ1) is 15.8. The first-order valence-electron chi connectivity index (χ1n) is 7.30. The highest BCUT2D eigenvalue weighted by molar-refractivity contribution is 6.30. The summed E-state index contributed by atoms with van der Waals surface area (Å²) in [5.74, 6) is -0.0395. The number of carbonyl (C=O) groups excluding carboxylic acids is 2. The summed E-state index contributed by atoms with van der Waals surface area (Å²) in [5, 5.41) is 3.48. The predicted molar refractivity (Wildman–Crippen MR) is 83.2 cm³/mol. The van der Waals surface area contributed by atoms with Crippen molar-refractivity contribution in [3.05, 3.63) is 34.9 Å². The van der Waals surface area contributed by atoms with E-state index < -0.39 is 5.54 Å². The quantitative estimate of drug-likeness (QED) is 0.908. The number of nitrogens with zero attached hydrogens (tertiary/aromatic N) is 1. The summed E-state index contributed by atoms with van der Waals surface area (Å²) in [6.45, 7) is 4.95. The molecule has 5 heteroatoms. The molecule has 1 heterocycles. The van der Waals surface area contributed by atoms with Crippen LogP contribution in [-0.4, -0.2) is 35.3 Å². The fourth-order valence-electron chi connectivity index (χ4n) is 2.62. The fourth-order valence-corrected chi connectivity index (χ4v) is 2.84. The van der Waals surface area contributed by atoms with Crippen molar-refractivity contribution in [2.45, 2.75) is 38.6 Å². The van der Waals surface area contributed by atoms with Gasteiger partial charge in [0, 0.05) is 24.5 Å². The number of hydrogen-bond donors (Lipinski definition) is 1. The molecule has 1 atom stereocenters. The number of rotatable bonds is 5. The summed E-state index contributed by atoms with van der Waals surface area (Å²) >= 11 is 5.93. The van der Waals surface area contributed by atoms with E-state index in [-0.39, 0.29) is 11.8 Å². The Labute approximate surface area is 130 Å². The van der Waals surface area contributed by atoms with E-state index in [0.29, 0.717) is 31.0 Å². The zero-order valence-electron chi connectivity index (χ0n) is 12.5. The molecule has 1 aromatic carbocycles. The maximum Gasteiger partial charge on any atom is 0.245 e. The Morgan fingerprint density at radius 2 is 2.19 bits per heavy atom. The minimum Gasteiger partial charge on any atom is -0.354 e. The van der Waals surface area contributed by atoms with Gasteiger partial charge in [-0.2, -0.15) is 0 Å². The van der Waals surface area contributed by atoms with Crippen molar-refractivity contribution in [3.8, 4) is 0 Å². The van der Waals surface area contributed by atoms with Crippen LogP contribution in [0.2, 0.25) is 5.02 Å². The van der Waals surface area contributed by atoms with Gasteiger partial charge in [0.2, 0.25) is 11.8 Å². The third-order valence-corrected chi connectivity index (χ3v) is 4.30. The Morgan fingerprint density at radius 3 is 2.76 bits per heavy atom. The monoisotopic (exact) mass is 308 g/mol. The largest absolute Gasteiger partial charge is 0.354 e. The molecule has 1 unspecified atom stereocenters. The lowest BCUT2D eigenvalue weighted by atomic mass is 9.85. The van der Waals surface area contributed by atoms with Gasteiger partial charge in [-0.1, -0.05) is 23.7 Å². The molecule has 0 aliphatic carbocycles. The Balaban J connectivity index is 1.93. The minimum absolute atomic E-state index is 0.0231. The first-order chi connectivity index (χ1) is 9.97. The lowest BCUT2D eigenvalue weighted by Gasteiger charge is -2.49. The van der Waals surface area contributed by atoms with Gasteiger partial charge in [0.25, 0.3) is 0 Å². The molecule has 1 saturated heterocycles.